The van der Waals surface area contributed by atoms with Crippen molar-refractivity contribution in [3.05, 3.63) is 57.6 Å². The molecule has 0 aromatic heterocycles. The van der Waals surface area contributed by atoms with Crippen LogP contribution in [0.3, 0.4) is 0 Å². The second kappa shape index (κ2) is 11.9. The fraction of sp³-hybridized carbons (Fsp3) is 0.556. The van der Waals surface area contributed by atoms with E-state index >= 15 is 0 Å². The summed E-state index contributed by atoms with van der Waals surface area (Å²) in [6.07, 6.45) is 12.3. The van der Waals surface area contributed by atoms with Crippen LogP contribution in [-0.4, -0.2) is 0 Å². The monoisotopic (exact) mass is 394 g/mol. The van der Waals surface area contributed by atoms with Gasteiger partial charge in [-0.05, 0) is 78.3 Å². The van der Waals surface area contributed by atoms with E-state index in [2.05, 4.69) is 52.0 Å². The summed E-state index contributed by atoms with van der Waals surface area (Å²) in [7, 11) is 0. The molecule has 4 N–H and O–H groups in total. The van der Waals surface area contributed by atoms with Gasteiger partial charge in [-0.1, -0.05) is 77.6 Å². The van der Waals surface area contributed by atoms with Gasteiger partial charge in [0.2, 0.25) is 0 Å². The highest BCUT2D eigenvalue weighted by atomic mass is 14.6. The smallest absolute Gasteiger partial charge is 0.0379 e. The Morgan fingerprint density at radius 2 is 0.862 bits per heavy atom. The van der Waals surface area contributed by atoms with Crippen molar-refractivity contribution in [3.63, 3.8) is 0 Å². The SMILES string of the molecule is CCCCc1cc(Cc2cc(CCC)c(N)c(CCCC)c2)cc(CCC)c1N. The largest absolute Gasteiger partial charge is 0.398 e. The highest BCUT2D eigenvalue weighted by molar-refractivity contribution is 5.58. The minimum absolute atomic E-state index is 0.965. The molecule has 0 spiro atoms. The highest BCUT2D eigenvalue weighted by Gasteiger charge is 2.12. The van der Waals surface area contributed by atoms with Crippen molar-refractivity contribution in [1.82, 2.24) is 0 Å². The van der Waals surface area contributed by atoms with Crippen LogP contribution in [0.15, 0.2) is 24.3 Å². The van der Waals surface area contributed by atoms with Crippen LogP contribution < -0.4 is 11.5 Å². The third kappa shape index (κ3) is 6.52. The van der Waals surface area contributed by atoms with Gasteiger partial charge in [0.15, 0.2) is 0 Å². The molecule has 29 heavy (non-hydrogen) atoms. The molecule has 0 fully saturated rings. The van der Waals surface area contributed by atoms with Gasteiger partial charge in [0, 0.05) is 11.4 Å². The molecule has 0 aliphatic heterocycles. The number of benzene rings is 2. The van der Waals surface area contributed by atoms with E-state index in [1.165, 1.54) is 59.1 Å². The van der Waals surface area contributed by atoms with E-state index in [1.807, 2.05) is 0 Å². The van der Waals surface area contributed by atoms with Crippen LogP contribution in [0.4, 0.5) is 11.4 Å². The second-order valence-electron chi connectivity index (χ2n) is 8.54. The molecule has 0 bridgehead atoms. The fourth-order valence-corrected chi connectivity index (χ4v) is 4.24. The summed E-state index contributed by atoms with van der Waals surface area (Å²) >= 11 is 0. The van der Waals surface area contributed by atoms with Crippen LogP contribution in [0.5, 0.6) is 0 Å². The van der Waals surface area contributed by atoms with Crippen molar-refractivity contribution in [2.24, 2.45) is 0 Å². The van der Waals surface area contributed by atoms with Crippen molar-refractivity contribution < 1.29 is 0 Å². The van der Waals surface area contributed by atoms with E-state index in [-0.39, 0.29) is 0 Å². The second-order valence-corrected chi connectivity index (χ2v) is 8.54. The number of rotatable bonds is 12. The van der Waals surface area contributed by atoms with Crippen LogP contribution in [0.1, 0.15) is 99.6 Å². The zero-order valence-corrected chi connectivity index (χ0v) is 19.2. The molecule has 160 valence electrons. The Hall–Kier alpha value is -1.96. The molecule has 2 heteroatoms. The number of hydrogen-bond donors (Lipinski definition) is 2. The lowest BCUT2D eigenvalue weighted by Gasteiger charge is -2.17. The molecular formula is C27H42N2. The molecule has 0 unspecified atom stereocenters. The predicted octanol–water partition coefficient (Wildman–Crippen LogP) is 7.03. The molecule has 0 aliphatic rings. The van der Waals surface area contributed by atoms with Crippen LogP contribution in [0.25, 0.3) is 0 Å². The molecule has 0 amide bonds. The topological polar surface area (TPSA) is 52.0 Å². The third-order valence-corrected chi connectivity index (χ3v) is 5.87. The number of anilines is 2. The van der Waals surface area contributed by atoms with Gasteiger partial charge in [-0.2, -0.15) is 0 Å². The summed E-state index contributed by atoms with van der Waals surface area (Å²) < 4.78 is 0. The summed E-state index contributed by atoms with van der Waals surface area (Å²) in [5.41, 5.74) is 23.2. The molecule has 0 aliphatic carbocycles. The number of hydrogen-bond acceptors (Lipinski definition) is 2. The fourth-order valence-electron chi connectivity index (χ4n) is 4.24. The molecule has 2 aromatic carbocycles. The molecule has 0 heterocycles. The zero-order chi connectivity index (χ0) is 21.2. The first kappa shape index (κ1) is 23.3. The van der Waals surface area contributed by atoms with Gasteiger partial charge < -0.3 is 11.5 Å². The Morgan fingerprint density at radius 1 is 0.517 bits per heavy atom. The summed E-state index contributed by atoms with van der Waals surface area (Å²) in [5.74, 6) is 0. The predicted molar refractivity (Wildman–Crippen MR) is 130 cm³/mol. The van der Waals surface area contributed by atoms with Crippen molar-refractivity contribution in [1.29, 1.82) is 0 Å². The Morgan fingerprint density at radius 3 is 1.17 bits per heavy atom. The minimum Gasteiger partial charge on any atom is -0.398 e. The third-order valence-electron chi connectivity index (χ3n) is 5.87. The Balaban J connectivity index is 2.40. The first-order valence-corrected chi connectivity index (χ1v) is 11.8. The highest BCUT2D eigenvalue weighted by Crippen LogP contribution is 2.28. The summed E-state index contributed by atoms with van der Waals surface area (Å²) in [6, 6.07) is 9.39. The Kier molecular flexibility index (Phi) is 9.57. The lowest BCUT2D eigenvalue weighted by molar-refractivity contribution is 0.791. The maximum atomic E-state index is 6.52. The average Bonchev–Trinajstić information content (AvgIpc) is 2.70. The van der Waals surface area contributed by atoms with E-state index in [0.717, 1.165) is 56.3 Å². The van der Waals surface area contributed by atoms with E-state index in [9.17, 15) is 0 Å². The quantitative estimate of drug-likeness (QED) is 0.380. The maximum absolute atomic E-state index is 6.52. The normalized spacial score (nSPS) is 11.2. The number of aryl methyl sites for hydroxylation is 4. The molecule has 0 saturated heterocycles. The molecule has 2 rings (SSSR count). The summed E-state index contributed by atoms with van der Waals surface area (Å²) in [4.78, 5) is 0. The first-order valence-electron chi connectivity index (χ1n) is 11.8. The molecule has 2 nitrogen and oxygen atoms in total. The number of nitrogen functional groups attached to an aromatic ring is 2. The maximum Gasteiger partial charge on any atom is 0.0379 e. The summed E-state index contributed by atoms with van der Waals surface area (Å²) in [6.45, 7) is 8.95. The van der Waals surface area contributed by atoms with Gasteiger partial charge >= 0.3 is 0 Å². The van der Waals surface area contributed by atoms with Crippen molar-refractivity contribution >= 4 is 11.4 Å². The van der Waals surface area contributed by atoms with Crippen LogP contribution in [0, 0.1) is 0 Å². The van der Waals surface area contributed by atoms with Crippen LogP contribution >= 0.6 is 0 Å². The first-order chi connectivity index (χ1) is 14.0. The standard InChI is InChI=1S/C27H42N2/c1-5-9-13-24-18-20(16-22(11-7-3)26(24)28)15-21-17-23(12-8-4)27(29)25(19-21)14-10-6-2/h16-19H,5-15,28-29H2,1-4H3. The number of unbranched alkanes of at least 4 members (excludes halogenated alkanes) is 2. The van der Waals surface area contributed by atoms with Crippen molar-refractivity contribution in [3.8, 4) is 0 Å². The van der Waals surface area contributed by atoms with Gasteiger partial charge in [-0.3, -0.25) is 0 Å². The van der Waals surface area contributed by atoms with E-state index in [1.54, 1.807) is 0 Å². The van der Waals surface area contributed by atoms with E-state index in [0.29, 0.717) is 0 Å². The average molecular weight is 395 g/mol. The minimum atomic E-state index is 0.965. The van der Waals surface area contributed by atoms with Crippen molar-refractivity contribution in [2.75, 3.05) is 11.5 Å². The van der Waals surface area contributed by atoms with E-state index < -0.39 is 0 Å². The Labute approximate surface area is 179 Å². The Bertz CT molecular complexity index is 711. The van der Waals surface area contributed by atoms with Crippen LogP contribution in [0.2, 0.25) is 0 Å². The van der Waals surface area contributed by atoms with Gasteiger partial charge in [0.05, 0.1) is 0 Å². The molecule has 0 radical (unpaired) electrons. The van der Waals surface area contributed by atoms with Gasteiger partial charge in [0.25, 0.3) is 0 Å². The van der Waals surface area contributed by atoms with Gasteiger partial charge in [0.1, 0.15) is 0 Å². The van der Waals surface area contributed by atoms with Gasteiger partial charge in [-0.25, -0.2) is 0 Å². The number of nitrogens with two attached hydrogens (primary N) is 2. The molecule has 0 saturated carbocycles. The zero-order valence-electron chi connectivity index (χ0n) is 19.2. The van der Waals surface area contributed by atoms with E-state index in [4.69, 9.17) is 11.5 Å². The lowest BCUT2D eigenvalue weighted by atomic mass is 9.91. The van der Waals surface area contributed by atoms with Gasteiger partial charge in [-0.15, -0.1) is 0 Å². The molecular weight excluding hydrogens is 352 g/mol. The van der Waals surface area contributed by atoms with Crippen molar-refractivity contribution in [2.45, 2.75) is 98.3 Å². The lowest BCUT2D eigenvalue weighted by Crippen LogP contribution is -2.05. The van der Waals surface area contributed by atoms with Crippen LogP contribution in [-0.2, 0) is 32.1 Å². The molecule has 2 aromatic rings. The molecule has 0 atom stereocenters. The summed E-state index contributed by atoms with van der Waals surface area (Å²) in [5, 5.41) is 0.